The fourth-order valence-electron chi connectivity index (χ4n) is 3.86. The first kappa shape index (κ1) is 20.9. The number of nitrogens with one attached hydrogen (secondary N) is 1. The van der Waals surface area contributed by atoms with Gasteiger partial charge in [-0.1, -0.05) is 35.6 Å². The van der Waals surface area contributed by atoms with Crippen LogP contribution < -0.4 is 9.47 Å². The average molecular weight is 442 g/mol. The Bertz CT molecular complexity index is 1240. The van der Waals surface area contributed by atoms with Crippen molar-refractivity contribution in [2.24, 2.45) is 0 Å². The van der Waals surface area contributed by atoms with Crippen molar-refractivity contribution in [3.05, 3.63) is 70.9 Å². The van der Waals surface area contributed by atoms with Crippen LogP contribution in [0.2, 0.25) is 0 Å². The molecule has 0 aliphatic carbocycles. The molecule has 5 nitrogen and oxygen atoms in total. The highest BCUT2D eigenvalue weighted by atomic mass is 32.2. The number of fused-ring (bicyclic) bond motifs is 2. The third kappa shape index (κ3) is 4.11. The quantitative estimate of drug-likeness (QED) is 0.472. The van der Waals surface area contributed by atoms with Gasteiger partial charge in [-0.2, -0.15) is 4.57 Å². The first-order chi connectivity index (χ1) is 14.4. The molecule has 4 rings (SSSR count). The van der Waals surface area contributed by atoms with Crippen molar-refractivity contribution in [1.82, 2.24) is 0 Å². The zero-order valence-electron chi connectivity index (χ0n) is 17.0. The standard InChI is InChI=1S/C23H24N2O3S2/c1-3-24-19(13-12-18-8-4-5-9-20(18)24)16-23-25(15-14-17(2)30(26,27)28)21-10-6-7-11-22(21)29-23/h4-13,16-17H,3,14-15H2,1-2H3/p+1. The molecule has 2 atom stereocenters. The van der Waals surface area contributed by atoms with Crippen molar-refractivity contribution >= 4 is 49.5 Å². The molecular weight excluding hydrogens is 416 g/mol. The maximum atomic E-state index is 11.4. The fourth-order valence-corrected chi connectivity index (χ4v) is 5.40. The van der Waals surface area contributed by atoms with Crippen molar-refractivity contribution in [2.75, 3.05) is 6.54 Å². The predicted molar refractivity (Wildman–Crippen MR) is 120 cm³/mol. The molecule has 1 N–H and O–H groups in total. The second kappa shape index (κ2) is 8.43. The van der Waals surface area contributed by atoms with Crippen LogP contribution >= 0.6 is 11.3 Å². The number of aromatic nitrogens is 1. The number of para-hydroxylation sites is 2. The molecule has 1 aliphatic rings. The van der Waals surface area contributed by atoms with Gasteiger partial charge in [0, 0.05) is 30.2 Å². The Morgan fingerprint density at radius 1 is 1.13 bits per heavy atom. The van der Waals surface area contributed by atoms with Crippen LogP contribution in [0.5, 0.6) is 0 Å². The van der Waals surface area contributed by atoms with Crippen LogP contribution in [0.15, 0.2) is 60.3 Å². The van der Waals surface area contributed by atoms with Crippen LogP contribution in [-0.4, -0.2) is 24.8 Å². The van der Waals surface area contributed by atoms with E-state index >= 15 is 0 Å². The van der Waals surface area contributed by atoms with Gasteiger partial charge in [0.05, 0.1) is 28.0 Å². The third-order valence-corrected chi connectivity index (χ3v) is 7.93. The van der Waals surface area contributed by atoms with Crippen LogP contribution in [0.25, 0.3) is 22.4 Å². The lowest BCUT2D eigenvalue weighted by molar-refractivity contribution is -0.784. The second-order valence-corrected chi connectivity index (χ2v) is 10.4. The number of aryl methyl sites for hydroxylation is 1. The van der Waals surface area contributed by atoms with E-state index < -0.39 is 15.4 Å². The number of benzene rings is 2. The van der Waals surface area contributed by atoms with E-state index in [-0.39, 0.29) is 6.42 Å². The van der Waals surface area contributed by atoms with Crippen LogP contribution in [-0.2, 0) is 16.7 Å². The molecule has 2 heterocycles. The van der Waals surface area contributed by atoms with Crippen LogP contribution in [0.1, 0.15) is 30.8 Å². The summed E-state index contributed by atoms with van der Waals surface area (Å²) in [7, 11) is -4.29. The van der Waals surface area contributed by atoms with E-state index in [0.717, 1.165) is 21.8 Å². The normalized spacial score (nSPS) is 18.6. The maximum absolute atomic E-state index is 11.4. The lowest BCUT2D eigenvalue weighted by Gasteiger charge is -2.22. The zero-order valence-corrected chi connectivity index (χ0v) is 18.7. The summed E-state index contributed by atoms with van der Waals surface area (Å²) in [5.74, 6) is 0. The van der Waals surface area contributed by atoms with E-state index in [0.29, 0.717) is 6.54 Å². The molecule has 1 aliphatic heterocycles. The van der Waals surface area contributed by atoms with E-state index in [1.54, 1.807) is 11.3 Å². The van der Waals surface area contributed by atoms with Crippen molar-refractivity contribution in [3.8, 4) is 0 Å². The van der Waals surface area contributed by atoms with Crippen LogP contribution in [0.4, 0.5) is 5.69 Å². The molecule has 1 aromatic heterocycles. The number of thiazole rings is 1. The first-order valence-electron chi connectivity index (χ1n) is 10.1. The van der Waals surface area contributed by atoms with Crippen LogP contribution in [0.3, 0.4) is 0 Å². The Labute approximate surface area is 181 Å². The highest BCUT2D eigenvalue weighted by Crippen LogP contribution is 2.24. The zero-order chi connectivity index (χ0) is 21.3. The maximum Gasteiger partial charge on any atom is 0.268 e. The number of likely N-dealkylation sites (N-methyl/N-ethyl adjacent to an activating group) is 1. The fraction of sp³-hybridized carbons (Fsp3) is 0.261. The van der Waals surface area contributed by atoms with Crippen molar-refractivity contribution in [1.29, 1.82) is 0 Å². The molecule has 0 fully saturated rings. The average Bonchev–Trinajstić information content (AvgIpc) is 3.08. The van der Waals surface area contributed by atoms with Crippen molar-refractivity contribution in [2.45, 2.75) is 32.1 Å². The van der Waals surface area contributed by atoms with Gasteiger partial charge < -0.3 is 4.55 Å². The highest BCUT2D eigenvalue weighted by Gasteiger charge is 2.26. The second-order valence-electron chi connectivity index (χ2n) is 7.50. The molecule has 7 heteroatoms. The molecule has 0 bridgehead atoms. The molecule has 0 spiro atoms. The van der Waals surface area contributed by atoms with Gasteiger partial charge in [-0.25, -0.2) is 8.42 Å². The minimum absolute atomic E-state index is 0.288. The largest absolute Gasteiger partial charge is 0.748 e. The number of rotatable bonds is 6. The molecular formula is C23H25N2O3S2+. The lowest BCUT2D eigenvalue weighted by Crippen LogP contribution is -3.05. The number of quaternary nitrogens is 1. The molecule has 156 valence electrons. The lowest BCUT2D eigenvalue weighted by atomic mass is 10.1. The van der Waals surface area contributed by atoms with E-state index in [9.17, 15) is 13.0 Å². The monoisotopic (exact) mass is 441 g/mol. The SMILES string of the molecule is CC[NH+]1C(=Cc2sc3ccccc3[n+]2CCC(C)S(=O)(=O)[O-])C=Cc2ccccc21. The summed E-state index contributed by atoms with van der Waals surface area (Å²) >= 11 is 1.68. The minimum atomic E-state index is -4.29. The Hall–Kier alpha value is -2.32. The van der Waals surface area contributed by atoms with Gasteiger partial charge in [-0.05, 0) is 32.1 Å². The van der Waals surface area contributed by atoms with E-state index in [1.165, 1.54) is 28.8 Å². The first-order valence-corrected chi connectivity index (χ1v) is 12.4. The number of hydrogen-bond donors (Lipinski definition) is 1. The summed E-state index contributed by atoms with van der Waals surface area (Å²) in [5.41, 5.74) is 4.71. The Morgan fingerprint density at radius 2 is 1.87 bits per heavy atom. The van der Waals surface area contributed by atoms with Gasteiger partial charge in [0.2, 0.25) is 5.52 Å². The predicted octanol–water partition coefficient (Wildman–Crippen LogP) is 3.12. The molecule has 3 aromatic rings. The van der Waals surface area contributed by atoms with Gasteiger partial charge >= 0.3 is 0 Å². The Morgan fingerprint density at radius 3 is 2.63 bits per heavy atom. The van der Waals surface area contributed by atoms with Gasteiger partial charge in [0.1, 0.15) is 16.1 Å². The number of nitrogens with zero attached hydrogens (tertiary/aromatic N) is 1. The molecule has 0 saturated carbocycles. The molecule has 0 amide bonds. The van der Waals surface area contributed by atoms with Gasteiger partial charge in [0.25, 0.3) is 5.01 Å². The van der Waals surface area contributed by atoms with E-state index in [4.69, 9.17) is 0 Å². The van der Waals surface area contributed by atoms with Crippen molar-refractivity contribution < 1.29 is 22.4 Å². The third-order valence-electron chi connectivity index (χ3n) is 5.60. The summed E-state index contributed by atoms with van der Waals surface area (Å²) in [6, 6.07) is 16.5. The summed E-state index contributed by atoms with van der Waals surface area (Å²) < 4.78 is 37.4. The van der Waals surface area contributed by atoms with Crippen LogP contribution in [0, 0.1) is 0 Å². The molecule has 0 saturated heterocycles. The summed E-state index contributed by atoms with van der Waals surface area (Å²) in [5, 5.41) is 0.139. The number of hydrogen-bond acceptors (Lipinski definition) is 4. The van der Waals surface area contributed by atoms with Gasteiger partial charge in [-0.3, -0.25) is 4.90 Å². The Kier molecular flexibility index (Phi) is 5.88. The van der Waals surface area contributed by atoms with E-state index in [2.05, 4.69) is 60.1 Å². The summed E-state index contributed by atoms with van der Waals surface area (Å²) in [4.78, 5) is 1.30. The number of allylic oxidation sites excluding steroid dienone is 1. The van der Waals surface area contributed by atoms with Gasteiger partial charge in [0.15, 0.2) is 6.54 Å². The van der Waals surface area contributed by atoms with Gasteiger partial charge in [-0.15, -0.1) is 0 Å². The minimum Gasteiger partial charge on any atom is -0.748 e. The summed E-state index contributed by atoms with van der Waals surface area (Å²) in [6.07, 6.45) is 6.77. The Balaban J connectivity index is 1.76. The summed E-state index contributed by atoms with van der Waals surface area (Å²) in [6.45, 7) is 5.05. The topological polar surface area (TPSA) is 65.5 Å². The smallest absolute Gasteiger partial charge is 0.268 e. The molecule has 2 aromatic carbocycles. The molecule has 0 radical (unpaired) electrons. The molecule has 2 unspecified atom stereocenters. The molecule has 30 heavy (non-hydrogen) atoms. The highest BCUT2D eigenvalue weighted by molar-refractivity contribution is 7.86. The van der Waals surface area contributed by atoms with E-state index in [1.807, 2.05) is 18.2 Å². The van der Waals surface area contributed by atoms with Crippen molar-refractivity contribution in [3.63, 3.8) is 0 Å².